The average molecular weight is 947 g/mol. The molecule has 0 amide bonds. The lowest BCUT2D eigenvalue weighted by molar-refractivity contribution is 0.480. The summed E-state index contributed by atoms with van der Waals surface area (Å²) in [6.45, 7) is 28.2. The van der Waals surface area contributed by atoms with Gasteiger partial charge in [0.15, 0.2) is 0 Å². The van der Waals surface area contributed by atoms with Crippen molar-refractivity contribution in [1.29, 1.82) is 0 Å². The van der Waals surface area contributed by atoms with Gasteiger partial charge in [0.25, 0.3) is 0 Å². The van der Waals surface area contributed by atoms with Crippen molar-refractivity contribution >= 4 is 38.9 Å². The van der Waals surface area contributed by atoms with Gasteiger partial charge in [0.2, 0.25) is 0 Å². The number of anilines is 2. The summed E-state index contributed by atoms with van der Waals surface area (Å²) in [5, 5.41) is 2.43. The molecule has 5 nitrogen and oxygen atoms in total. The van der Waals surface area contributed by atoms with Crippen LogP contribution in [0.15, 0.2) is 182 Å². The number of aromatic nitrogens is 2. The molecule has 0 aliphatic carbocycles. The maximum absolute atomic E-state index is 7.27. The first-order valence-electron chi connectivity index (χ1n) is 25.8. The second kappa shape index (κ2) is 18.7. The number of hydrogen-bond acceptors (Lipinski definition) is 4. The van der Waals surface area contributed by atoms with E-state index in [1.165, 1.54) is 55.4 Å². The summed E-state index contributed by atoms with van der Waals surface area (Å²) in [6.07, 6.45) is 4.34. The number of ether oxygens (including phenoxy) is 1. The molecule has 0 radical (unpaired) electrons. The highest BCUT2D eigenvalue weighted by molar-refractivity contribution is 6.11. The minimum atomic E-state index is -0.201. The first-order chi connectivity index (χ1) is 34.4. The van der Waals surface area contributed by atoms with Gasteiger partial charge >= 0.3 is 0 Å². The average Bonchev–Trinajstić information content (AvgIpc) is 3.96. The van der Waals surface area contributed by atoms with Crippen LogP contribution in [0.2, 0.25) is 0 Å². The van der Waals surface area contributed by atoms with Crippen molar-refractivity contribution < 1.29 is 4.74 Å². The lowest BCUT2D eigenvalue weighted by atomic mass is 9.78. The molecule has 0 saturated heterocycles. The third kappa shape index (κ3) is 9.11. The molecular weight excluding hydrogens is 877 g/mol. The van der Waals surface area contributed by atoms with Crippen molar-refractivity contribution in [3.05, 3.63) is 221 Å². The number of rotatable bonds is 11. The molecule has 5 heteroatoms. The van der Waals surface area contributed by atoms with E-state index in [4.69, 9.17) is 9.72 Å². The van der Waals surface area contributed by atoms with E-state index in [0.29, 0.717) is 18.5 Å². The third-order valence-electron chi connectivity index (χ3n) is 14.8. The fourth-order valence-corrected chi connectivity index (χ4v) is 10.7. The van der Waals surface area contributed by atoms with Crippen LogP contribution in [0.1, 0.15) is 134 Å². The van der Waals surface area contributed by atoms with Gasteiger partial charge in [0, 0.05) is 57.7 Å². The summed E-state index contributed by atoms with van der Waals surface area (Å²) < 4.78 is 9.60. The van der Waals surface area contributed by atoms with Gasteiger partial charge in [-0.05, 0) is 116 Å². The van der Waals surface area contributed by atoms with Crippen LogP contribution in [-0.2, 0) is 16.2 Å². The quantitative estimate of drug-likeness (QED) is 0.129. The van der Waals surface area contributed by atoms with Crippen molar-refractivity contribution in [3.8, 4) is 28.4 Å². The number of hydrogen-bond donors (Lipinski definition) is 0. The third-order valence-corrected chi connectivity index (χ3v) is 14.8. The molecule has 9 aromatic rings. The first-order valence-corrected chi connectivity index (χ1v) is 25.8. The van der Waals surface area contributed by atoms with Crippen LogP contribution in [0, 0.1) is 0 Å². The predicted molar refractivity (Wildman–Crippen MR) is 305 cm³/mol. The zero-order chi connectivity index (χ0) is 50.7. The number of fused-ring (bicyclic) bond motifs is 3. The Morgan fingerprint density at radius 1 is 0.514 bits per heavy atom. The minimum Gasteiger partial charge on any atom is -0.457 e. The fraction of sp³-hybridized carbons (Fsp3) is 0.269. The van der Waals surface area contributed by atoms with E-state index >= 15 is 0 Å². The Hall–Kier alpha value is -7.37. The van der Waals surface area contributed by atoms with Gasteiger partial charge in [-0.2, -0.15) is 0 Å². The van der Waals surface area contributed by atoms with Gasteiger partial charge in [-0.15, -0.1) is 0 Å². The molecule has 3 heterocycles. The van der Waals surface area contributed by atoms with E-state index in [1.54, 1.807) is 0 Å². The highest BCUT2D eigenvalue weighted by Crippen LogP contribution is 2.46. The monoisotopic (exact) mass is 947 g/mol. The molecule has 364 valence electrons. The van der Waals surface area contributed by atoms with Gasteiger partial charge in [0.05, 0.1) is 23.4 Å². The summed E-state index contributed by atoms with van der Waals surface area (Å²) in [7, 11) is 0. The zero-order valence-electron chi connectivity index (χ0n) is 44.4. The maximum Gasteiger partial charge on any atom is 0.137 e. The Morgan fingerprint density at radius 3 is 1.83 bits per heavy atom. The Labute approximate surface area is 428 Å². The zero-order valence-corrected chi connectivity index (χ0v) is 44.4. The molecule has 0 bridgehead atoms. The molecule has 0 fully saturated rings. The standard InChI is InChI=1S/C67H70N4O/c1-44(2)55-30-22-31-56(45(3)4)63(55)61-42-69(43-70(61)51-28-21-27-50(37-51)67(11,12)48-25-17-14-18-26-48)52-35-47(46-23-15-13-16-24-46)36-53(39-52)72-54-40-58(66(8,9)10)64-57-29-19-20-32-59(57)71(60(64)41-54)62-38-49(33-34-68-62)65(5,6)7/h13-42,44-45H,43H2,1-12H3. The number of pyridine rings is 1. The highest BCUT2D eigenvalue weighted by Gasteiger charge is 2.32. The molecule has 7 aromatic carbocycles. The topological polar surface area (TPSA) is 33.5 Å². The second-order valence-electron chi connectivity index (χ2n) is 23.0. The summed E-state index contributed by atoms with van der Waals surface area (Å²) >= 11 is 0. The van der Waals surface area contributed by atoms with Gasteiger partial charge < -0.3 is 14.5 Å². The Bertz CT molecular complexity index is 3450. The molecule has 1 aliphatic heterocycles. The molecule has 0 unspecified atom stereocenters. The normalized spacial score (nSPS) is 13.5. The van der Waals surface area contributed by atoms with E-state index in [9.17, 15) is 0 Å². The molecule has 0 N–H and O–H groups in total. The van der Waals surface area contributed by atoms with E-state index in [2.05, 4.69) is 274 Å². The van der Waals surface area contributed by atoms with Crippen LogP contribution < -0.4 is 14.5 Å². The van der Waals surface area contributed by atoms with Crippen LogP contribution >= 0.6 is 0 Å². The Morgan fingerprint density at radius 2 is 1.15 bits per heavy atom. The SMILES string of the molecule is CC(C)c1cccc(C(C)C)c1C1=CN(c2cc(Oc3cc(C(C)(C)C)c4c5ccccc5n(-c5cc(C(C)(C)C)ccn5)c4c3)cc(-c3ccccc3)c2)CN1c1cccc(C(C)(C)c2ccccc2)c1. The van der Waals surface area contributed by atoms with Crippen molar-refractivity contribution in [3.63, 3.8) is 0 Å². The summed E-state index contributed by atoms with van der Waals surface area (Å²) in [4.78, 5) is 9.97. The Balaban J connectivity index is 1.15. The van der Waals surface area contributed by atoms with E-state index in [0.717, 1.165) is 50.9 Å². The lowest BCUT2D eigenvalue weighted by Gasteiger charge is -2.31. The smallest absolute Gasteiger partial charge is 0.137 e. The summed E-state index contributed by atoms with van der Waals surface area (Å²) in [5.74, 6) is 3.10. The predicted octanol–water partition coefficient (Wildman–Crippen LogP) is 18.1. The van der Waals surface area contributed by atoms with Crippen molar-refractivity contribution in [2.75, 3.05) is 16.5 Å². The van der Waals surface area contributed by atoms with Crippen molar-refractivity contribution in [2.45, 2.75) is 111 Å². The fourth-order valence-electron chi connectivity index (χ4n) is 10.7. The lowest BCUT2D eigenvalue weighted by Crippen LogP contribution is -2.27. The van der Waals surface area contributed by atoms with Crippen LogP contribution in [0.5, 0.6) is 11.5 Å². The molecule has 10 rings (SSSR count). The van der Waals surface area contributed by atoms with Crippen LogP contribution in [0.3, 0.4) is 0 Å². The summed E-state index contributed by atoms with van der Waals surface area (Å²) in [5.41, 5.74) is 16.4. The van der Waals surface area contributed by atoms with E-state index < -0.39 is 0 Å². The van der Waals surface area contributed by atoms with Gasteiger partial charge in [0.1, 0.15) is 17.3 Å². The van der Waals surface area contributed by atoms with Gasteiger partial charge in [-0.3, -0.25) is 4.57 Å². The van der Waals surface area contributed by atoms with Crippen molar-refractivity contribution in [2.24, 2.45) is 0 Å². The maximum atomic E-state index is 7.27. The molecule has 72 heavy (non-hydrogen) atoms. The molecule has 0 spiro atoms. The number of nitrogens with zero attached hydrogens (tertiary/aromatic N) is 4. The van der Waals surface area contributed by atoms with Crippen LogP contribution in [-0.4, -0.2) is 16.2 Å². The van der Waals surface area contributed by atoms with E-state index in [1.807, 2.05) is 6.20 Å². The van der Waals surface area contributed by atoms with Crippen molar-refractivity contribution in [1.82, 2.24) is 9.55 Å². The minimum absolute atomic E-state index is 0.0387. The largest absolute Gasteiger partial charge is 0.457 e. The van der Waals surface area contributed by atoms with Crippen LogP contribution in [0.25, 0.3) is 44.4 Å². The number of para-hydroxylation sites is 1. The molecule has 0 atom stereocenters. The summed E-state index contributed by atoms with van der Waals surface area (Å²) in [6, 6.07) is 62.0. The molecule has 1 aliphatic rings. The molecule has 0 saturated carbocycles. The van der Waals surface area contributed by atoms with Crippen LogP contribution in [0.4, 0.5) is 11.4 Å². The number of benzene rings is 7. The highest BCUT2D eigenvalue weighted by atomic mass is 16.5. The van der Waals surface area contributed by atoms with E-state index in [-0.39, 0.29) is 16.2 Å². The second-order valence-corrected chi connectivity index (χ2v) is 23.0. The first kappa shape index (κ1) is 48.3. The molecular formula is C67H70N4O. The Kier molecular flexibility index (Phi) is 12.5. The molecule has 2 aromatic heterocycles. The van der Waals surface area contributed by atoms with Gasteiger partial charge in [-0.25, -0.2) is 4.98 Å². The van der Waals surface area contributed by atoms with Gasteiger partial charge in [-0.1, -0.05) is 192 Å².